The minimum atomic E-state index is -0.952. The van der Waals surface area contributed by atoms with Gasteiger partial charge >= 0.3 is 0 Å². The Morgan fingerprint density at radius 2 is 2.11 bits per heavy atom. The first-order valence-corrected chi connectivity index (χ1v) is 6.27. The molecule has 0 fully saturated rings. The number of benzene rings is 1. The molecule has 0 saturated heterocycles. The quantitative estimate of drug-likeness (QED) is 0.746. The number of hydrogen-bond acceptors (Lipinski definition) is 3. The van der Waals surface area contributed by atoms with Gasteiger partial charge < -0.3 is 16.2 Å². The van der Waals surface area contributed by atoms with Crippen LogP contribution in [-0.4, -0.2) is 23.2 Å². The molecule has 0 radical (unpaired) electrons. The Kier molecular flexibility index (Phi) is 4.85. The van der Waals surface area contributed by atoms with Gasteiger partial charge in [0.25, 0.3) is 5.91 Å². The zero-order valence-corrected chi connectivity index (χ0v) is 11.8. The zero-order chi connectivity index (χ0) is 13.9. The molecule has 1 rings (SSSR count). The summed E-state index contributed by atoms with van der Waals surface area (Å²) in [6, 6.07) is 2.92. The van der Waals surface area contributed by atoms with Gasteiger partial charge in [0, 0.05) is 12.2 Å². The van der Waals surface area contributed by atoms with Crippen LogP contribution in [0, 0.1) is 0 Å². The van der Waals surface area contributed by atoms with Crippen molar-refractivity contribution in [2.24, 2.45) is 0 Å². The first kappa shape index (κ1) is 15.1. The van der Waals surface area contributed by atoms with E-state index in [0.29, 0.717) is 12.1 Å². The average molecular weight is 291 g/mol. The molecular formula is C12H16Cl2N2O2. The highest BCUT2D eigenvalue weighted by atomic mass is 35.5. The summed E-state index contributed by atoms with van der Waals surface area (Å²) >= 11 is 11.8. The van der Waals surface area contributed by atoms with Gasteiger partial charge in [0.1, 0.15) is 0 Å². The lowest BCUT2D eigenvalue weighted by Gasteiger charge is -2.21. The summed E-state index contributed by atoms with van der Waals surface area (Å²) in [6.45, 7) is 3.60. The number of aliphatic hydroxyl groups is 1. The Balaban J connectivity index is 2.85. The summed E-state index contributed by atoms with van der Waals surface area (Å²) in [7, 11) is 0. The fourth-order valence-electron chi connectivity index (χ4n) is 1.27. The molecule has 1 atom stereocenters. The molecule has 0 saturated carbocycles. The SMILES string of the molecule is CCC(C)(O)CNC(=O)c1cc(N)cc(Cl)c1Cl. The fourth-order valence-corrected chi connectivity index (χ4v) is 1.69. The fraction of sp³-hybridized carbons (Fsp3) is 0.417. The van der Waals surface area contributed by atoms with Crippen molar-refractivity contribution in [3.63, 3.8) is 0 Å². The monoisotopic (exact) mass is 290 g/mol. The van der Waals surface area contributed by atoms with Gasteiger partial charge in [0.15, 0.2) is 0 Å². The van der Waals surface area contributed by atoms with Gasteiger partial charge in [-0.3, -0.25) is 4.79 Å². The number of carbonyl (C=O) groups excluding carboxylic acids is 1. The van der Waals surface area contributed by atoms with E-state index in [2.05, 4.69) is 5.32 Å². The number of halogens is 2. The molecule has 0 spiro atoms. The van der Waals surface area contributed by atoms with Crippen molar-refractivity contribution in [2.75, 3.05) is 12.3 Å². The number of nitrogens with one attached hydrogen (secondary N) is 1. The molecular weight excluding hydrogens is 275 g/mol. The van der Waals surface area contributed by atoms with Crippen molar-refractivity contribution >= 4 is 34.8 Å². The molecule has 100 valence electrons. The van der Waals surface area contributed by atoms with Gasteiger partial charge in [-0.15, -0.1) is 0 Å². The molecule has 0 heterocycles. The van der Waals surface area contributed by atoms with Gasteiger partial charge in [-0.1, -0.05) is 30.1 Å². The minimum Gasteiger partial charge on any atom is -0.399 e. The number of anilines is 1. The Labute approximate surface area is 116 Å². The predicted molar refractivity (Wildman–Crippen MR) is 74.1 cm³/mol. The lowest BCUT2D eigenvalue weighted by Crippen LogP contribution is -2.40. The van der Waals surface area contributed by atoms with Crippen LogP contribution >= 0.6 is 23.2 Å². The van der Waals surface area contributed by atoms with Crippen LogP contribution in [0.15, 0.2) is 12.1 Å². The van der Waals surface area contributed by atoms with Crippen molar-refractivity contribution in [3.05, 3.63) is 27.7 Å². The molecule has 0 aliphatic carbocycles. The predicted octanol–water partition coefficient (Wildman–Crippen LogP) is 2.47. The number of rotatable bonds is 4. The number of carbonyl (C=O) groups is 1. The molecule has 1 aromatic rings. The first-order valence-electron chi connectivity index (χ1n) is 5.52. The summed E-state index contributed by atoms with van der Waals surface area (Å²) in [5.41, 5.74) is 5.21. The minimum absolute atomic E-state index is 0.130. The summed E-state index contributed by atoms with van der Waals surface area (Å²) in [5, 5.41) is 12.8. The maximum atomic E-state index is 11.9. The van der Waals surface area contributed by atoms with Crippen molar-refractivity contribution < 1.29 is 9.90 Å². The van der Waals surface area contributed by atoms with Crippen molar-refractivity contribution in [1.29, 1.82) is 0 Å². The number of amides is 1. The Bertz CT molecular complexity index is 462. The van der Waals surface area contributed by atoms with Crippen molar-refractivity contribution in [3.8, 4) is 0 Å². The molecule has 0 aromatic heterocycles. The lowest BCUT2D eigenvalue weighted by atomic mass is 10.0. The van der Waals surface area contributed by atoms with E-state index < -0.39 is 11.5 Å². The molecule has 4 N–H and O–H groups in total. The number of hydrogen-bond donors (Lipinski definition) is 3. The van der Waals surface area contributed by atoms with E-state index in [1.807, 2.05) is 6.92 Å². The number of nitrogen functional groups attached to an aromatic ring is 1. The molecule has 1 unspecified atom stereocenters. The Morgan fingerprint density at radius 3 is 2.67 bits per heavy atom. The van der Waals surface area contributed by atoms with Gasteiger partial charge in [0.05, 0.1) is 21.2 Å². The van der Waals surface area contributed by atoms with Gasteiger partial charge in [0.2, 0.25) is 0 Å². The van der Waals surface area contributed by atoms with E-state index in [9.17, 15) is 9.90 Å². The molecule has 1 amide bonds. The van der Waals surface area contributed by atoms with Gasteiger partial charge in [-0.2, -0.15) is 0 Å². The summed E-state index contributed by atoms with van der Waals surface area (Å²) in [4.78, 5) is 11.9. The van der Waals surface area contributed by atoms with Crippen LogP contribution in [0.2, 0.25) is 10.0 Å². The standard InChI is InChI=1S/C12H16Cl2N2O2/c1-3-12(2,18)6-16-11(17)8-4-7(15)5-9(13)10(8)14/h4-5,18H,3,6,15H2,1-2H3,(H,16,17). The van der Waals surface area contributed by atoms with E-state index in [4.69, 9.17) is 28.9 Å². The highest BCUT2D eigenvalue weighted by Crippen LogP contribution is 2.28. The second-order valence-corrected chi connectivity index (χ2v) is 5.18. The van der Waals surface area contributed by atoms with Crippen molar-refractivity contribution in [1.82, 2.24) is 5.32 Å². The molecule has 0 aliphatic rings. The number of nitrogens with two attached hydrogens (primary N) is 1. The maximum Gasteiger partial charge on any atom is 0.253 e. The van der Waals surface area contributed by atoms with E-state index in [0.717, 1.165) is 0 Å². The molecule has 18 heavy (non-hydrogen) atoms. The van der Waals surface area contributed by atoms with Crippen LogP contribution in [-0.2, 0) is 0 Å². The van der Waals surface area contributed by atoms with E-state index in [1.165, 1.54) is 12.1 Å². The van der Waals surface area contributed by atoms with Crippen LogP contribution in [0.1, 0.15) is 30.6 Å². The normalized spacial score (nSPS) is 14.1. The summed E-state index contributed by atoms with van der Waals surface area (Å²) < 4.78 is 0. The molecule has 6 heteroatoms. The summed E-state index contributed by atoms with van der Waals surface area (Å²) in [6.07, 6.45) is 0.526. The molecule has 0 aliphatic heterocycles. The largest absolute Gasteiger partial charge is 0.399 e. The highest BCUT2D eigenvalue weighted by molar-refractivity contribution is 6.44. The van der Waals surface area contributed by atoms with Crippen LogP contribution in [0.25, 0.3) is 0 Å². The van der Waals surface area contributed by atoms with Crippen LogP contribution in [0.5, 0.6) is 0 Å². The third-order valence-corrected chi connectivity index (χ3v) is 3.49. The van der Waals surface area contributed by atoms with E-state index in [-0.39, 0.29) is 22.2 Å². The van der Waals surface area contributed by atoms with Gasteiger partial charge in [-0.25, -0.2) is 0 Å². The zero-order valence-electron chi connectivity index (χ0n) is 10.3. The molecule has 1 aromatic carbocycles. The van der Waals surface area contributed by atoms with Crippen LogP contribution < -0.4 is 11.1 Å². The highest BCUT2D eigenvalue weighted by Gasteiger charge is 2.20. The van der Waals surface area contributed by atoms with E-state index >= 15 is 0 Å². The second kappa shape index (κ2) is 5.78. The average Bonchev–Trinajstić information content (AvgIpc) is 2.31. The van der Waals surface area contributed by atoms with E-state index in [1.54, 1.807) is 6.92 Å². The second-order valence-electron chi connectivity index (χ2n) is 4.40. The lowest BCUT2D eigenvalue weighted by molar-refractivity contribution is 0.0518. The van der Waals surface area contributed by atoms with Crippen LogP contribution in [0.4, 0.5) is 5.69 Å². The van der Waals surface area contributed by atoms with Crippen molar-refractivity contribution in [2.45, 2.75) is 25.9 Å². The smallest absolute Gasteiger partial charge is 0.253 e. The Morgan fingerprint density at radius 1 is 1.50 bits per heavy atom. The molecule has 0 bridgehead atoms. The Hall–Kier alpha value is -0.970. The summed E-state index contributed by atoms with van der Waals surface area (Å²) in [5.74, 6) is -0.414. The third-order valence-electron chi connectivity index (χ3n) is 2.69. The van der Waals surface area contributed by atoms with Crippen LogP contribution in [0.3, 0.4) is 0 Å². The molecule has 4 nitrogen and oxygen atoms in total. The van der Waals surface area contributed by atoms with Gasteiger partial charge in [-0.05, 0) is 25.5 Å². The maximum absolute atomic E-state index is 11.9. The first-order chi connectivity index (χ1) is 8.26. The topological polar surface area (TPSA) is 75.3 Å². The third kappa shape index (κ3) is 3.77.